The van der Waals surface area contributed by atoms with E-state index in [9.17, 15) is 10.1 Å². The number of pyridine rings is 1. The van der Waals surface area contributed by atoms with Crippen LogP contribution in [0.25, 0.3) is 0 Å². The van der Waals surface area contributed by atoms with E-state index in [1.807, 2.05) is 0 Å². The summed E-state index contributed by atoms with van der Waals surface area (Å²) in [6.07, 6.45) is 6.49. The number of likely N-dealkylation sites (tertiary alicyclic amines) is 1. The van der Waals surface area contributed by atoms with E-state index in [1.165, 1.54) is 37.9 Å². The van der Waals surface area contributed by atoms with E-state index in [1.54, 1.807) is 0 Å². The van der Waals surface area contributed by atoms with Crippen molar-refractivity contribution in [3.05, 3.63) is 27.4 Å². The molecule has 1 aromatic rings. The minimum absolute atomic E-state index is 0.0756. The summed E-state index contributed by atoms with van der Waals surface area (Å²) in [5.74, 6) is 0.286. The molecule has 110 valence electrons. The van der Waals surface area contributed by atoms with E-state index in [-0.39, 0.29) is 16.5 Å². The molecule has 0 radical (unpaired) electrons. The summed E-state index contributed by atoms with van der Waals surface area (Å²) in [7, 11) is 0. The fourth-order valence-corrected chi connectivity index (χ4v) is 2.55. The fourth-order valence-electron chi connectivity index (χ4n) is 2.40. The molecule has 1 aromatic heterocycles. The van der Waals surface area contributed by atoms with Gasteiger partial charge in [-0.3, -0.25) is 10.1 Å². The zero-order chi connectivity index (χ0) is 14.4. The second kappa shape index (κ2) is 7.40. The Hall–Kier alpha value is -1.40. The molecule has 0 aromatic carbocycles. The summed E-state index contributed by atoms with van der Waals surface area (Å²) in [6, 6.07) is 1.32. The van der Waals surface area contributed by atoms with Crippen molar-refractivity contribution >= 4 is 23.1 Å². The standard InChI is InChI=1S/C13H19ClN4O2/c14-11-9-12(18(19)20)13(16-10-11)15-5-8-17-6-3-1-2-4-7-17/h9-10H,1-8H2,(H,15,16). The molecule has 0 bridgehead atoms. The number of rotatable bonds is 5. The molecule has 6 nitrogen and oxygen atoms in total. The minimum Gasteiger partial charge on any atom is -0.363 e. The Morgan fingerprint density at radius 1 is 1.35 bits per heavy atom. The maximum absolute atomic E-state index is 10.9. The highest BCUT2D eigenvalue weighted by atomic mass is 35.5. The molecule has 7 heteroatoms. The van der Waals surface area contributed by atoms with Crippen molar-refractivity contribution in [2.75, 3.05) is 31.5 Å². The predicted octanol–water partition coefficient (Wildman–Crippen LogP) is 2.93. The minimum atomic E-state index is -0.465. The molecular formula is C13H19ClN4O2. The largest absolute Gasteiger partial charge is 0.363 e. The third-order valence-corrected chi connectivity index (χ3v) is 3.66. The first-order valence-electron chi connectivity index (χ1n) is 6.93. The molecule has 0 amide bonds. The highest BCUT2D eigenvalue weighted by Gasteiger charge is 2.16. The summed E-state index contributed by atoms with van der Waals surface area (Å²) in [6.45, 7) is 3.74. The van der Waals surface area contributed by atoms with Gasteiger partial charge in [0.1, 0.15) is 0 Å². The first-order valence-corrected chi connectivity index (χ1v) is 7.31. The van der Waals surface area contributed by atoms with Gasteiger partial charge in [-0.1, -0.05) is 24.4 Å². The van der Waals surface area contributed by atoms with Crippen LogP contribution in [0.2, 0.25) is 5.02 Å². The average Bonchev–Trinajstić information content (AvgIpc) is 2.69. The molecule has 1 saturated heterocycles. The van der Waals surface area contributed by atoms with Crippen molar-refractivity contribution in [3.63, 3.8) is 0 Å². The lowest BCUT2D eigenvalue weighted by Gasteiger charge is -2.19. The number of halogens is 1. The van der Waals surface area contributed by atoms with E-state index in [0.29, 0.717) is 6.54 Å². The maximum atomic E-state index is 10.9. The van der Waals surface area contributed by atoms with Crippen LogP contribution in [0.4, 0.5) is 11.5 Å². The SMILES string of the molecule is O=[N+]([O-])c1cc(Cl)cnc1NCCN1CCCCCC1. The van der Waals surface area contributed by atoms with Gasteiger partial charge in [0.15, 0.2) is 0 Å². The predicted molar refractivity (Wildman–Crippen MR) is 79.3 cm³/mol. The van der Waals surface area contributed by atoms with Gasteiger partial charge >= 0.3 is 5.69 Å². The molecular weight excluding hydrogens is 280 g/mol. The Bertz CT molecular complexity index is 462. The number of anilines is 1. The fraction of sp³-hybridized carbons (Fsp3) is 0.615. The van der Waals surface area contributed by atoms with Crippen LogP contribution in [0.5, 0.6) is 0 Å². The normalized spacial score (nSPS) is 16.6. The molecule has 1 aliphatic heterocycles. The van der Waals surface area contributed by atoms with Crippen molar-refractivity contribution in [3.8, 4) is 0 Å². The van der Waals surface area contributed by atoms with Crippen molar-refractivity contribution in [1.29, 1.82) is 0 Å². The van der Waals surface area contributed by atoms with Gasteiger partial charge in [0, 0.05) is 25.4 Å². The van der Waals surface area contributed by atoms with Crippen molar-refractivity contribution in [1.82, 2.24) is 9.88 Å². The van der Waals surface area contributed by atoms with Crippen LogP contribution < -0.4 is 5.32 Å². The highest BCUT2D eigenvalue weighted by molar-refractivity contribution is 6.30. The third kappa shape index (κ3) is 4.31. The Morgan fingerprint density at radius 3 is 2.70 bits per heavy atom. The second-order valence-corrected chi connectivity index (χ2v) is 5.40. The van der Waals surface area contributed by atoms with Crippen molar-refractivity contribution in [2.24, 2.45) is 0 Å². The molecule has 1 N–H and O–H groups in total. The van der Waals surface area contributed by atoms with Crippen LogP contribution >= 0.6 is 11.6 Å². The Balaban J connectivity index is 1.88. The third-order valence-electron chi connectivity index (χ3n) is 3.45. The number of nitro groups is 1. The van der Waals surface area contributed by atoms with Gasteiger partial charge < -0.3 is 10.2 Å². The van der Waals surface area contributed by atoms with E-state index in [4.69, 9.17) is 11.6 Å². The summed E-state index contributed by atoms with van der Waals surface area (Å²) < 4.78 is 0. The van der Waals surface area contributed by atoms with E-state index in [0.717, 1.165) is 19.6 Å². The molecule has 0 atom stereocenters. The number of hydrogen-bond donors (Lipinski definition) is 1. The van der Waals surface area contributed by atoms with E-state index in [2.05, 4.69) is 15.2 Å². The second-order valence-electron chi connectivity index (χ2n) is 4.96. The zero-order valence-electron chi connectivity index (χ0n) is 11.3. The van der Waals surface area contributed by atoms with Gasteiger partial charge in [0.05, 0.1) is 9.95 Å². The van der Waals surface area contributed by atoms with E-state index < -0.39 is 4.92 Å². The van der Waals surface area contributed by atoms with Gasteiger partial charge in [-0.15, -0.1) is 0 Å². The highest BCUT2D eigenvalue weighted by Crippen LogP contribution is 2.24. The molecule has 20 heavy (non-hydrogen) atoms. The summed E-state index contributed by atoms with van der Waals surface area (Å²) in [4.78, 5) is 16.9. The Kier molecular flexibility index (Phi) is 5.55. The van der Waals surface area contributed by atoms with Crippen LogP contribution in [0.3, 0.4) is 0 Å². The molecule has 0 unspecified atom stereocenters. The number of nitrogens with zero attached hydrogens (tertiary/aromatic N) is 3. The zero-order valence-corrected chi connectivity index (χ0v) is 12.1. The van der Waals surface area contributed by atoms with Crippen molar-refractivity contribution in [2.45, 2.75) is 25.7 Å². The number of aromatic nitrogens is 1. The van der Waals surface area contributed by atoms with Crippen molar-refractivity contribution < 1.29 is 4.92 Å². The lowest BCUT2D eigenvalue weighted by atomic mass is 10.2. The first kappa shape index (κ1) is 15.0. The lowest BCUT2D eigenvalue weighted by molar-refractivity contribution is -0.384. The van der Waals surface area contributed by atoms with Gasteiger partial charge in [0.2, 0.25) is 5.82 Å². The molecule has 1 aliphatic rings. The van der Waals surface area contributed by atoms with Crippen LogP contribution in [0, 0.1) is 10.1 Å². The van der Waals surface area contributed by atoms with Crippen LogP contribution in [0.15, 0.2) is 12.3 Å². The van der Waals surface area contributed by atoms with Crippen LogP contribution in [-0.4, -0.2) is 41.0 Å². The molecule has 0 spiro atoms. The first-order chi connectivity index (χ1) is 9.66. The topological polar surface area (TPSA) is 71.3 Å². The monoisotopic (exact) mass is 298 g/mol. The van der Waals surface area contributed by atoms with Gasteiger partial charge in [-0.05, 0) is 25.9 Å². The number of hydrogen-bond acceptors (Lipinski definition) is 5. The summed E-state index contributed by atoms with van der Waals surface area (Å²) >= 11 is 5.73. The van der Waals surface area contributed by atoms with Crippen LogP contribution in [0.1, 0.15) is 25.7 Å². The Labute approximate surface area is 123 Å². The van der Waals surface area contributed by atoms with E-state index >= 15 is 0 Å². The molecule has 2 heterocycles. The molecule has 0 saturated carbocycles. The Morgan fingerprint density at radius 2 is 2.05 bits per heavy atom. The summed E-state index contributed by atoms with van der Waals surface area (Å²) in [5, 5.41) is 14.3. The average molecular weight is 299 g/mol. The van der Waals surface area contributed by atoms with Gasteiger partial charge in [-0.2, -0.15) is 0 Å². The lowest BCUT2D eigenvalue weighted by Crippen LogP contribution is -2.30. The maximum Gasteiger partial charge on any atom is 0.312 e. The quantitative estimate of drug-likeness (QED) is 0.668. The molecule has 2 rings (SSSR count). The van der Waals surface area contributed by atoms with Gasteiger partial charge in [-0.25, -0.2) is 4.98 Å². The van der Waals surface area contributed by atoms with Crippen LogP contribution in [-0.2, 0) is 0 Å². The smallest absolute Gasteiger partial charge is 0.312 e. The van der Waals surface area contributed by atoms with Gasteiger partial charge in [0.25, 0.3) is 0 Å². The summed E-state index contributed by atoms with van der Waals surface area (Å²) in [5.41, 5.74) is -0.0756. The molecule has 0 aliphatic carbocycles. The molecule has 1 fully saturated rings. The number of nitrogens with one attached hydrogen (secondary N) is 1.